The number of hydrogen-bond acceptors (Lipinski definition) is 3. The number of rotatable bonds is 10. The summed E-state index contributed by atoms with van der Waals surface area (Å²) in [6.45, 7) is 6.23. The van der Waals surface area contributed by atoms with Crippen LogP contribution in [0.15, 0.2) is 0 Å². The first-order valence-electron chi connectivity index (χ1n) is 8.49. The minimum absolute atomic E-state index is 0.280. The van der Waals surface area contributed by atoms with E-state index in [1.807, 2.05) is 14.2 Å². The van der Waals surface area contributed by atoms with Gasteiger partial charge in [-0.05, 0) is 0 Å². The topological polar surface area (TPSA) is 21.7 Å². The van der Waals surface area contributed by atoms with Crippen molar-refractivity contribution in [3.63, 3.8) is 0 Å². The minimum atomic E-state index is 0.280. The molecule has 20 heavy (non-hydrogen) atoms. The van der Waals surface area contributed by atoms with Crippen LogP contribution in [0.3, 0.4) is 0 Å². The molecule has 0 bridgehead atoms. The van der Waals surface area contributed by atoms with E-state index in [9.17, 15) is 0 Å². The van der Waals surface area contributed by atoms with E-state index in [0.717, 1.165) is 34.5 Å². The van der Waals surface area contributed by atoms with Crippen LogP contribution in [0.4, 0.5) is 0 Å². The number of nitrogens with zero attached hydrogens (tertiary/aromatic N) is 1. The Kier molecular flexibility index (Phi) is 10.7. The Morgan fingerprint density at radius 2 is 1.55 bits per heavy atom. The van der Waals surface area contributed by atoms with Gasteiger partial charge < -0.3 is 0 Å². The van der Waals surface area contributed by atoms with Gasteiger partial charge in [0.05, 0.1) is 0 Å². The molecule has 0 aliphatic carbocycles. The molecule has 4 heteroatoms. The molecular formula is C16H34InNO2. The van der Waals surface area contributed by atoms with E-state index in [0.29, 0.717) is 0 Å². The molecule has 0 aromatic heterocycles. The standard InChI is InChI=1S/C16H32NO2.In.2H/c1-4-10-15(18-2)16(19-3)11-6-9-14-17-12-7-5-8-13-17;;;/h9,15-16H,4-8,10-14H2,1-3H3;;;. The van der Waals surface area contributed by atoms with E-state index in [1.54, 1.807) is 0 Å². The predicted molar refractivity (Wildman–Crippen MR) is 88.3 cm³/mol. The molecule has 0 radical (unpaired) electrons. The summed E-state index contributed by atoms with van der Waals surface area (Å²) in [7, 11) is 3.66. The van der Waals surface area contributed by atoms with Gasteiger partial charge in [-0.3, -0.25) is 0 Å². The summed E-state index contributed by atoms with van der Waals surface area (Å²) in [6, 6.07) is 0. The third-order valence-electron chi connectivity index (χ3n) is 4.56. The maximum atomic E-state index is 5.68. The number of ether oxygens (including phenoxy) is 2. The Labute approximate surface area is 140 Å². The number of piperidine rings is 1. The van der Waals surface area contributed by atoms with E-state index in [-0.39, 0.29) is 12.2 Å². The first-order valence-corrected chi connectivity index (χ1v) is 11.8. The molecule has 0 aromatic rings. The normalized spacial score (nSPS) is 21.6. The molecule has 1 aliphatic heterocycles. The van der Waals surface area contributed by atoms with E-state index >= 15 is 0 Å². The predicted octanol–water partition coefficient (Wildman–Crippen LogP) is 2.50. The van der Waals surface area contributed by atoms with Crippen LogP contribution in [0.5, 0.6) is 0 Å². The summed E-state index contributed by atoms with van der Waals surface area (Å²) in [4.78, 5) is 2.69. The molecule has 1 rings (SSSR count). The molecule has 1 fully saturated rings. The Morgan fingerprint density at radius 1 is 0.950 bits per heavy atom. The summed E-state index contributed by atoms with van der Waals surface area (Å²) >= 11 is 0.737. The van der Waals surface area contributed by atoms with Gasteiger partial charge in [-0.1, -0.05) is 0 Å². The zero-order chi connectivity index (χ0) is 14.8. The van der Waals surface area contributed by atoms with Crippen LogP contribution in [-0.4, -0.2) is 75.3 Å². The summed E-state index contributed by atoms with van der Waals surface area (Å²) in [5.41, 5.74) is 0. The van der Waals surface area contributed by atoms with Gasteiger partial charge in [-0.25, -0.2) is 0 Å². The van der Waals surface area contributed by atoms with E-state index < -0.39 is 0 Å². The van der Waals surface area contributed by atoms with Gasteiger partial charge in [-0.2, -0.15) is 0 Å². The van der Waals surface area contributed by atoms with Crippen molar-refractivity contribution in [2.45, 2.75) is 67.8 Å². The monoisotopic (exact) mass is 387 g/mol. The van der Waals surface area contributed by atoms with Crippen LogP contribution < -0.4 is 0 Å². The van der Waals surface area contributed by atoms with Crippen LogP contribution in [0.25, 0.3) is 0 Å². The average Bonchev–Trinajstić information content (AvgIpc) is 2.47. The molecule has 1 heterocycles. The average molecular weight is 387 g/mol. The second kappa shape index (κ2) is 11.3. The molecule has 1 saturated heterocycles. The van der Waals surface area contributed by atoms with Crippen molar-refractivity contribution in [3.05, 3.63) is 0 Å². The van der Waals surface area contributed by atoms with Gasteiger partial charge in [0.2, 0.25) is 0 Å². The van der Waals surface area contributed by atoms with E-state index in [1.165, 1.54) is 58.2 Å². The summed E-state index contributed by atoms with van der Waals surface area (Å²) in [6.07, 6.45) is 9.59. The molecule has 3 atom stereocenters. The Bertz CT molecular complexity index is 235. The zero-order valence-electron chi connectivity index (χ0n) is 14.1. The second-order valence-corrected chi connectivity index (χ2v) is 11.0. The number of methoxy groups -OCH3 is 2. The summed E-state index contributed by atoms with van der Waals surface area (Å²) in [5, 5.41) is 0. The Hall–Kier alpha value is 0.750. The fourth-order valence-electron chi connectivity index (χ4n) is 3.32. The van der Waals surface area contributed by atoms with Crippen LogP contribution >= 0.6 is 0 Å². The summed E-state index contributed by atoms with van der Waals surface area (Å²) in [5.74, 6) is 0. The van der Waals surface area contributed by atoms with E-state index in [2.05, 4.69) is 11.8 Å². The number of likely N-dealkylation sites (tertiary alicyclic amines) is 1. The number of hydrogen-bond donors (Lipinski definition) is 0. The van der Waals surface area contributed by atoms with Gasteiger partial charge in [0.25, 0.3) is 0 Å². The molecule has 0 aromatic carbocycles. The first-order chi connectivity index (χ1) is 9.71. The van der Waals surface area contributed by atoms with Crippen molar-refractivity contribution >= 4 is 24.4 Å². The van der Waals surface area contributed by atoms with Crippen LogP contribution in [0.1, 0.15) is 51.9 Å². The fraction of sp³-hybridized carbons (Fsp3) is 1.00. The van der Waals surface area contributed by atoms with Crippen LogP contribution in [-0.2, 0) is 9.47 Å². The second-order valence-electron chi connectivity index (χ2n) is 6.38. The molecule has 1 aliphatic rings. The van der Waals surface area contributed by atoms with Crippen molar-refractivity contribution in [2.75, 3.05) is 33.9 Å². The molecule has 0 amide bonds. The van der Waals surface area contributed by atoms with Gasteiger partial charge in [0.1, 0.15) is 0 Å². The van der Waals surface area contributed by atoms with Crippen molar-refractivity contribution in [2.24, 2.45) is 0 Å². The SMILES string of the molecule is CCCC(OC)C(CC[CH]([InH2])CN1CCCCC1)OC. The third-order valence-corrected chi connectivity index (χ3v) is 7.25. The van der Waals surface area contributed by atoms with Gasteiger partial charge in [0, 0.05) is 0 Å². The van der Waals surface area contributed by atoms with Gasteiger partial charge >= 0.3 is 140 Å². The van der Waals surface area contributed by atoms with Gasteiger partial charge in [-0.15, -0.1) is 0 Å². The van der Waals surface area contributed by atoms with Crippen molar-refractivity contribution in [1.29, 1.82) is 0 Å². The van der Waals surface area contributed by atoms with Crippen molar-refractivity contribution in [3.8, 4) is 0 Å². The molecular weight excluding hydrogens is 353 g/mol. The van der Waals surface area contributed by atoms with Crippen molar-refractivity contribution in [1.82, 2.24) is 4.90 Å². The molecule has 3 unspecified atom stereocenters. The zero-order valence-corrected chi connectivity index (χ0v) is 19.8. The van der Waals surface area contributed by atoms with E-state index in [4.69, 9.17) is 9.47 Å². The maximum absolute atomic E-state index is 5.68. The first kappa shape index (κ1) is 18.8. The third kappa shape index (κ3) is 7.15. The molecule has 0 spiro atoms. The molecule has 0 saturated carbocycles. The van der Waals surface area contributed by atoms with Crippen LogP contribution in [0.2, 0.25) is 3.67 Å². The molecule has 118 valence electrons. The van der Waals surface area contributed by atoms with Gasteiger partial charge in [0.15, 0.2) is 0 Å². The molecule has 0 N–H and O–H groups in total. The van der Waals surface area contributed by atoms with Crippen molar-refractivity contribution < 1.29 is 9.47 Å². The molecule has 3 nitrogen and oxygen atoms in total. The van der Waals surface area contributed by atoms with Crippen LogP contribution in [0, 0.1) is 0 Å². The Morgan fingerprint density at radius 3 is 2.10 bits per heavy atom. The quantitative estimate of drug-likeness (QED) is 0.575. The summed E-state index contributed by atoms with van der Waals surface area (Å²) < 4.78 is 12.3. The Balaban J connectivity index is 2.27. The fourth-order valence-corrected chi connectivity index (χ4v) is 5.74.